The maximum absolute atomic E-state index is 13.0. The summed E-state index contributed by atoms with van der Waals surface area (Å²) in [5.41, 5.74) is 1.08. The first-order valence-corrected chi connectivity index (χ1v) is 8.83. The molecule has 5 nitrogen and oxygen atoms in total. The number of hydrogen-bond donors (Lipinski definition) is 0. The van der Waals surface area contributed by atoms with Crippen LogP contribution in [0.25, 0.3) is 0 Å². The summed E-state index contributed by atoms with van der Waals surface area (Å²) in [5, 5.41) is 0. The maximum Gasteiger partial charge on any atom is 0.267 e. The summed E-state index contributed by atoms with van der Waals surface area (Å²) < 4.78 is 24.5. The molecule has 0 aromatic heterocycles. The highest BCUT2D eigenvalue weighted by Crippen LogP contribution is 2.31. The van der Waals surface area contributed by atoms with Crippen LogP contribution in [0.5, 0.6) is 11.5 Å². The summed E-state index contributed by atoms with van der Waals surface area (Å²) in [7, 11) is 0. The number of fused-ring (bicyclic) bond motifs is 1. The van der Waals surface area contributed by atoms with E-state index in [1.165, 1.54) is 12.1 Å². The average molecular weight is 356 g/mol. The molecular weight excluding hydrogens is 335 g/mol. The number of para-hydroxylation sites is 2. The zero-order valence-electron chi connectivity index (χ0n) is 14.4. The van der Waals surface area contributed by atoms with Crippen LogP contribution >= 0.6 is 0 Å². The third kappa shape index (κ3) is 3.65. The van der Waals surface area contributed by atoms with Crippen LogP contribution in [0.1, 0.15) is 5.56 Å². The van der Waals surface area contributed by atoms with E-state index in [9.17, 15) is 9.18 Å². The smallest absolute Gasteiger partial charge is 0.267 e. The van der Waals surface area contributed by atoms with Crippen molar-refractivity contribution in [2.45, 2.75) is 12.6 Å². The molecule has 2 aliphatic rings. The van der Waals surface area contributed by atoms with Gasteiger partial charge in [-0.15, -0.1) is 0 Å². The quantitative estimate of drug-likeness (QED) is 0.846. The van der Waals surface area contributed by atoms with E-state index in [1.807, 2.05) is 29.2 Å². The Morgan fingerprint density at radius 2 is 1.69 bits per heavy atom. The van der Waals surface area contributed by atoms with Gasteiger partial charge in [0.25, 0.3) is 5.91 Å². The van der Waals surface area contributed by atoms with E-state index in [4.69, 9.17) is 9.47 Å². The zero-order valence-corrected chi connectivity index (χ0v) is 14.4. The van der Waals surface area contributed by atoms with E-state index in [2.05, 4.69) is 4.90 Å². The Morgan fingerprint density at radius 3 is 2.42 bits per heavy atom. The number of benzene rings is 2. The van der Waals surface area contributed by atoms with Crippen LogP contribution < -0.4 is 9.47 Å². The molecule has 0 N–H and O–H groups in total. The summed E-state index contributed by atoms with van der Waals surface area (Å²) in [4.78, 5) is 16.8. The van der Waals surface area contributed by atoms with Crippen molar-refractivity contribution >= 4 is 5.91 Å². The fraction of sp³-hybridized carbons (Fsp3) is 0.350. The largest absolute Gasteiger partial charge is 0.485 e. The molecule has 1 fully saturated rings. The van der Waals surface area contributed by atoms with E-state index in [1.54, 1.807) is 12.1 Å². The van der Waals surface area contributed by atoms with Gasteiger partial charge in [-0.25, -0.2) is 4.39 Å². The number of carbonyl (C=O) groups is 1. The molecule has 0 unspecified atom stereocenters. The fourth-order valence-electron chi connectivity index (χ4n) is 3.32. The Bertz CT molecular complexity index is 773. The van der Waals surface area contributed by atoms with Gasteiger partial charge in [0.2, 0.25) is 6.10 Å². The van der Waals surface area contributed by atoms with Crippen molar-refractivity contribution < 1.29 is 18.7 Å². The lowest BCUT2D eigenvalue weighted by Gasteiger charge is -2.37. The highest BCUT2D eigenvalue weighted by molar-refractivity contribution is 5.82. The highest BCUT2D eigenvalue weighted by Gasteiger charge is 2.32. The minimum absolute atomic E-state index is 0.0269. The minimum Gasteiger partial charge on any atom is -0.485 e. The van der Waals surface area contributed by atoms with Gasteiger partial charge >= 0.3 is 0 Å². The molecule has 26 heavy (non-hydrogen) atoms. The first-order chi connectivity index (χ1) is 12.7. The Balaban J connectivity index is 1.30. The van der Waals surface area contributed by atoms with E-state index in [-0.39, 0.29) is 18.3 Å². The molecule has 1 saturated heterocycles. The summed E-state index contributed by atoms with van der Waals surface area (Å²) in [6.07, 6.45) is -0.589. The highest BCUT2D eigenvalue weighted by atomic mass is 19.1. The molecule has 2 aromatic rings. The molecule has 0 spiro atoms. The second-order valence-corrected chi connectivity index (χ2v) is 6.59. The van der Waals surface area contributed by atoms with Crippen LogP contribution in [0, 0.1) is 5.82 Å². The van der Waals surface area contributed by atoms with Gasteiger partial charge in [0.1, 0.15) is 12.4 Å². The molecule has 2 heterocycles. The van der Waals surface area contributed by atoms with E-state index in [0.717, 1.165) is 25.2 Å². The molecule has 2 aromatic carbocycles. The monoisotopic (exact) mass is 356 g/mol. The van der Waals surface area contributed by atoms with Crippen LogP contribution in [0.15, 0.2) is 48.5 Å². The van der Waals surface area contributed by atoms with Gasteiger partial charge in [0, 0.05) is 32.7 Å². The molecule has 0 aliphatic carbocycles. The lowest BCUT2D eigenvalue weighted by molar-refractivity contribution is -0.143. The van der Waals surface area contributed by atoms with Gasteiger partial charge < -0.3 is 14.4 Å². The van der Waals surface area contributed by atoms with E-state index >= 15 is 0 Å². The van der Waals surface area contributed by atoms with Crippen LogP contribution in [0.4, 0.5) is 4.39 Å². The molecule has 0 radical (unpaired) electrons. The Morgan fingerprint density at radius 1 is 1.00 bits per heavy atom. The van der Waals surface area contributed by atoms with E-state index < -0.39 is 6.10 Å². The van der Waals surface area contributed by atoms with Crippen molar-refractivity contribution in [1.29, 1.82) is 0 Å². The molecule has 1 amide bonds. The SMILES string of the molecule is O=C([C@H]1COc2ccccc2O1)N1CCN(Cc2ccc(F)cc2)CC1. The van der Waals surface area contributed by atoms with Gasteiger partial charge in [-0.2, -0.15) is 0 Å². The van der Waals surface area contributed by atoms with Crippen molar-refractivity contribution in [3.63, 3.8) is 0 Å². The van der Waals surface area contributed by atoms with Gasteiger partial charge in [0.05, 0.1) is 0 Å². The number of nitrogens with zero attached hydrogens (tertiary/aromatic N) is 2. The van der Waals surface area contributed by atoms with Crippen LogP contribution in [-0.2, 0) is 11.3 Å². The number of amides is 1. The number of ether oxygens (including phenoxy) is 2. The van der Waals surface area contributed by atoms with Gasteiger partial charge in [-0.3, -0.25) is 9.69 Å². The number of hydrogen-bond acceptors (Lipinski definition) is 4. The normalized spacial score (nSPS) is 20.0. The minimum atomic E-state index is -0.589. The Hall–Kier alpha value is -2.60. The molecule has 1 atom stereocenters. The zero-order chi connectivity index (χ0) is 17.9. The molecule has 136 valence electrons. The lowest BCUT2D eigenvalue weighted by atomic mass is 10.2. The van der Waals surface area contributed by atoms with Crippen molar-refractivity contribution in [3.8, 4) is 11.5 Å². The second-order valence-electron chi connectivity index (χ2n) is 6.59. The standard InChI is InChI=1S/C20H21FN2O3/c21-16-7-5-15(6-8-16)13-22-9-11-23(12-10-22)20(24)19-14-25-17-3-1-2-4-18(17)26-19/h1-8,19H,9-14H2/t19-/m1/s1. The van der Waals surface area contributed by atoms with Gasteiger partial charge in [0.15, 0.2) is 11.5 Å². The first kappa shape index (κ1) is 16.8. The summed E-state index contributed by atoms with van der Waals surface area (Å²) in [5.74, 6) is 1.05. The number of piperazine rings is 1. The maximum atomic E-state index is 13.0. The molecule has 0 bridgehead atoms. The van der Waals surface area contributed by atoms with Crippen molar-refractivity contribution in [1.82, 2.24) is 9.80 Å². The molecule has 2 aliphatic heterocycles. The summed E-state index contributed by atoms with van der Waals surface area (Å²) in [6.45, 7) is 3.88. The second kappa shape index (κ2) is 7.33. The molecule has 4 rings (SSSR count). The Kier molecular flexibility index (Phi) is 4.75. The molecular formula is C20H21FN2O3. The number of carbonyl (C=O) groups excluding carboxylic acids is 1. The predicted octanol–water partition coefficient (Wildman–Crippen LogP) is 2.31. The van der Waals surface area contributed by atoms with Crippen LogP contribution in [-0.4, -0.2) is 54.6 Å². The molecule has 6 heteroatoms. The van der Waals surface area contributed by atoms with Gasteiger partial charge in [-0.05, 0) is 29.8 Å². The third-order valence-corrected chi connectivity index (χ3v) is 4.79. The van der Waals surface area contributed by atoms with E-state index in [0.29, 0.717) is 24.6 Å². The van der Waals surface area contributed by atoms with Crippen LogP contribution in [0.2, 0.25) is 0 Å². The third-order valence-electron chi connectivity index (χ3n) is 4.79. The fourth-order valence-corrected chi connectivity index (χ4v) is 3.32. The predicted molar refractivity (Wildman–Crippen MR) is 94.6 cm³/mol. The summed E-state index contributed by atoms with van der Waals surface area (Å²) in [6, 6.07) is 14.0. The Labute approximate surface area is 151 Å². The van der Waals surface area contributed by atoms with Crippen molar-refractivity contribution in [2.75, 3.05) is 32.8 Å². The van der Waals surface area contributed by atoms with Crippen molar-refractivity contribution in [3.05, 3.63) is 59.9 Å². The van der Waals surface area contributed by atoms with Crippen molar-refractivity contribution in [2.24, 2.45) is 0 Å². The topological polar surface area (TPSA) is 42.0 Å². The first-order valence-electron chi connectivity index (χ1n) is 8.83. The molecule has 0 saturated carbocycles. The average Bonchev–Trinajstić information content (AvgIpc) is 2.69. The lowest BCUT2D eigenvalue weighted by Crippen LogP contribution is -2.53. The summed E-state index contributed by atoms with van der Waals surface area (Å²) >= 11 is 0. The van der Waals surface area contributed by atoms with Crippen LogP contribution in [0.3, 0.4) is 0 Å². The number of halogens is 1. The van der Waals surface area contributed by atoms with Gasteiger partial charge in [-0.1, -0.05) is 24.3 Å². The number of rotatable bonds is 3.